The lowest BCUT2D eigenvalue weighted by Gasteiger charge is -2.46. The number of aromatic nitrogens is 1. The van der Waals surface area contributed by atoms with Gasteiger partial charge in [-0.15, -0.1) is 0 Å². The second-order valence-corrected chi connectivity index (χ2v) is 27.9. The molecule has 0 spiro atoms. The third-order valence-electron chi connectivity index (χ3n) is 20.4. The summed E-state index contributed by atoms with van der Waals surface area (Å²) in [5, 5.41) is 4.71. The molecule has 4 heterocycles. The molecular weight excluding hydrogens is 1130 g/mol. The van der Waals surface area contributed by atoms with E-state index >= 15 is 0 Å². The summed E-state index contributed by atoms with van der Waals surface area (Å²) in [5.74, 6) is -0.0667. The molecule has 93 heavy (non-hydrogen) atoms. The molecule has 0 unspecified atom stereocenters. The van der Waals surface area contributed by atoms with E-state index in [4.69, 9.17) is 4.42 Å². The van der Waals surface area contributed by atoms with Crippen LogP contribution in [0.2, 0.25) is 0 Å². The van der Waals surface area contributed by atoms with E-state index in [1.807, 2.05) is 0 Å². The van der Waals surface area contributed by atoms with Crippen LogP contribution >= 0.6 is 0 Å². The lowest BCUT2D eigenvalue weighted by atomic mass is 9.33. The van der Waals surface area contributed by atoms with Crippen LogP contribution in [0.15, 0.2) is 290 Å². The number of nitrogens with zero attached hydrogens (tertiary/aromatic N) is 3. The van der Waals surface area contributed by atoms with Crippen molar-refractivity contribution in [1.82, 2.24) is 4.57 Å². The van der Waals surface area contributed by atoms with E-state index in [1.165, 1.54) is 105 Å². The van der Waals surface area contributed by atoms with Gasteiger partial charge in [0.2, 0.25) is 0 Å². The van der Waals surface area contributed by atoms with E-state index in [0.717, 1.165) is 73.6 Å². The fourth-order valence-electron chi connectivity index (χ4n) is 16.0. The van der Waals surface area contributed by atoms with Gasteiger partial charge in [-0.05, 0) is 174 Å². The van der Waals surface area contributed by atoms with E-state index in [2.05, 4.69) is 341 Å². The van der Waals surface area contributed by atoms with Gasteiger partial charge in [0, 0.05) is 67.0 Å². The summed E-state index contributed by atoms with van der Waals surface area (Å²) in [6.07, 6.45) is 0.888. The van der Waals surface area contributed by atoms with Crippen molar-refractivity contribution in [3.05, 3.63) is 324 Å². The highest BCUT2D eigenvalue weighted by Crippen LogP contribution is 2.53. The number of rotatable bonds is 7. The zero-order valence-corrected chi connectivity index (χ0v) is 53.2. The monoisotopic (exact) mass is 1190 g/mol. The first-order valence-corrected chi connectivity index (χ1v) is 32.9. The van der Waals surface area contributed by atoms with Gasteiger partial charge in [-0.1, -0.05) is 248 Å². The Morgan fingerprint density at radius 3 is 1.48 bits per heavy atom. The fourth-order valence-corrected chi connectivity index (χ4v) is 16.0. The number of benzene rings is 13. The molecule has 0 saturated heterocycles. The molecule has 15 aromatic rings. The molecule has 3 aliphatic rings. The molecule has 0 N–H and O–H groups in total. The number of anilines is 6. The summed E-state index contributed by atoms with van der Waals surface area (Å²) in [5.41, 5.74) is 31.9. The fraction of sp³-hybridized carbons (Fsp3) is 0.114. The van der Waals surface area contributed by atoms with Gasteiger partial charge in [0.1, 0.15) is 11.2 Å². The zero-order valence-electron chi connectivity index (χ0n) is 53.2. The number of para-hydroxylation sites is 3. The number of hydrogen-bond donors (Lipinski definition) is 0. The molecule has 4 nitrogen and oxygen atoms in total. The number of furan rings is 1. The van der Waals surface area contributed by atoms with E-state index in [1.54, 1.807) is 0 Å². The highest BCUT2D eigenvalue weighted by atomic mass is 16.3. The van der Waals surface area contributed by atoms with Crippen LogP contribution in [0, 0.1) is 0 Å². The van der Waals surface area contributed by atoms with Gasteiger partial charge in [-0.3, -0.25) is 0 Å². The Labute approximate surface area is 544 Å². The van der Waals surface area contributed by atoms with Crippen LogP contribution in [0.4, 0.5) is 34.1 Å². The summed E-state index contributed by atoms with van der Waals surface area (Å²) in [6.45, 7) is 13.8. The van der Waals surface area contributed by atoms with Gasteiger partial charge in [-0.25, -0.2) is 0 Å². The van der Waals surface area contributed by atoms with Crippen molar-refractivity contribution in [2.75, 3.05) is 9.80 Å². The van der Waals surface area contributed by atoms with Crippen molar-refractivity contribution < 1.29 is 4.42 Å². The molecule has 0 saturated carbocycles. The third-order valence-corrected chi connectivity index (χ3v) is 20.4. The molecule has 2 aromatic heterocycles. The first-order chi connectivity index (χ1) is 45.4. The number of hydrogen-bond acceptors (Lipinski definition) is 3. The molecule has 18 rings (SSSR count). The molecule has 0 bridgehead atoms. The Morgan fingerprint density at radius 1 is 0.366 bits per heavy atom. The van der Waals surface area contributed by atoms with E-state index in [9.17, 15) is 0 Å². The topological polar surface area (TPSA) is 24.6 Å². The Hall–Kier alpha value is -10.9. The average Bonchev–Trinajstić information content (AvgIpc) is 1.11. The van der Waals surface area contributed by atoms with Crippen molar-refractivity contribution in [1.29, 1.82) is 0 Å². The maximum Gasteiger partial charge on any atom is 0.252 e. The van der Waals surface area contributed by atoms with Gasteiger partial charge >= 0.3 is 0 Å². The second kappa shape index (κ2) is 20.8. The normalized spacial score (nSPS) is 13.5. The van der Waals surface area contributed by atoms with Gasteiger partial charge in [0.25, 0.3) is 6.71 Å². The van der Waals surface area contributed by atoms with Gasteiger partial charge in [-0.2, -0.15) is 0 Å². The molecule has 0 fully saturated rings. The quantitative estimate of drug-likeness (QED) is 0.149. The Balaban J connectivity index is 1.01. The largest absolute Gasteiger partial charge is 0.456 e. The molecule has 2 aliphatic heterocycles. The van der Waals surface area contributed by atoms with Gasteiger partial charge in [0.15, 0.2) is 0 Å². The van der Waals surface area contributed by atoms with Crippen LogP contribution in [-0.2, 0) is 17.3 Å². The standard InChI is InChI=1S/C88H68BN3O/c1-87(2,3)61-41-46-76(70(52-61)55-24-9-7-10-25-55)91-78-45-40-59(66-35-23-39-83-85(66)69-34-19-22-38-82(69)93-83)49-73(78)89-72-44-43-63(90-74-36-20-17-32-67(74)68-33-18-21-37-75(68)90)54-79(72)92(77-47-42-62(88(4,5)6)53-71(77)56-26-11-8-12-27-56)81-51-60(50-80(91)86(81)89)84-64-30-15-13-28-57(64)48-58-29-14-16-31-65(58)84/h7-47,49-54,84H,48H2,1-6H3. The highest BCUT2D eigenvalue weighted by Gasteiger charge is 2.46. The van der Waals surface area contributed by atoms with Gasteiger partial charge < -0.3 is 18.8 Å². The first kappa shape index (κ1) is 55.0. The molecule has 5 heteroatoms. The minimum Gasteiger partial charge on any atom is -0.456 e. The summed E-state index contributed by atoms with van der Waals surface area (Å²) in [6, 6.07) is 108. The van der Waals surface area contributed by atoms with Crippen molar-refractivity contribution in [2.24, 2.45) is 0 Å². The predicted octanol–water partition coefficient (Wildman–Crippen LogP) is 21.4. The maximum absolute atomic E-state index is 6.66. The summed E-state index contributed by atoms with van der Waals surface area (Å²) in [7, 11) is 0. The van der Waals surface area contributed by atoms with Crippen LogP contribution in [-0.4, -0.2) is 11.3 Å². The van der Waals surface area contributed by atoms with Crippen molar-refractivity contribution >= 4 is 101 Å². The van der Waals surface area contributed by atoms with Crippen molar-refractivity contribution in [2.45, 2.75) is 64.7 Å². The Kier molecular flexibility index (Phi) is 12.3. The summed E-state index contributed by atoms with van der Waals surface area (Å²) >= 11 is 0. The van der Waals surface area contributed by atoms with E-state index in [0.29, 0.717) is 0 Å². The smallest absolute Gasteiger partial charge is 0.252 e. The Bertz CT molecular complexity index is 5450. The van der Waals surface area contributed by atoms with Crippen LogP contribution in [0.1, 0.15) is 86.4 Å². The maximum atomic E-state index is 6.66. The minimum absolute atomic E-state index is 0.0667. The van der Waals surface area contributed by atoms with Crippen LogP contribution in [0.3, 0.4) is 0 Å². The molecule has 0 amide bonds. The molecule has 1 aliphatic carbocycles. The van der Waals surface area contributed by atoms with Crippen molar-refractivity contribution in [3.63, 3.8) is 0 Å². The molecule has 13 aromatic carbocycles. The number of fused-ring (bicyclic) bond motifs is 12. The SMILES string of the molecule is CC(C)(C)c1ccc(N2c3ccc(-c4cccc5oc6ccccc6c45)cc3B3c4ccc(-n5c6ccccc6c6ccccc65)cc4N(c4ccc(C(C)(C)C)cc4-c4ccccc4)c4cc(C5c6ccccc6Cc6ccccc65)cc2c43)c(-c2ccccc2)c1. The highest BCUT2D eigenvalue weighted by molar-refractivity contribution is 7.00. The van der Waals surface area contributed by atoms with Crippen molar-refractivity contribution in [3.8, 4) is 39.1 Å². The Morgan fingerprint density at radius 2 is 0.882 bits per heavy atom. The second-order valence-electron chi connectivity index (χ2n) is 27.9. The molecular formula is C88H68BN3O. The lowest BCUT2D eigenvalue weighted by molar-refractivity contribution is 0.590. The summed E-state index contributed by atoms with van der Waals surface area (Å²) < 4.78 is 9.15. The lowest BCUT2D eigenvalue weighted by Crippen LogP contribution is -2.61. The zero-order chi connectivity index (χ0) is 62.4. The van der Waals surface area contributed by atoms with E-state index in [-0.39, 0.29) is 23.5 Å². The first-order valence-electron chi connectivity index (χ1n) is 32.9. The van der Waals surface area contributed by atoms with Gasteiger partial charge in [0.05, 0.1) is 22.4 Å². The van der Waals surface area contributed by atoms with Crippen LogP contribution in [0.5, 0.6) is 0 Å². The average molecular weight is 1190 g/mol. The predicted molar refractivity (Wildman–Crippen MR) is 392 cm³/mol. The molecule has 444 valence electrons. The molecule has 0 atom stereocenters. The third kappa shape index (κ3) is 8.66. The summed E-state index contributed by atoms with van der Waals surface area (Å²) in [4.78, 5) is 5.35. The van der Waals surface area contributed by atoms with Crippen LogP contribution in [0.25, 0.3) is 82.8 Å². The minimum atomic E-state index is -0.219. The van der Waals surface area contributed by atoms with Crippen LogP contribution < -0.4 is 26.2 Å². The van der Waals surface area contributed by atoms with E-state index < -0.39 is 0 Å². The molecule has 0 radical (unpaired) electrons.